The van der Waals surface area contributed by atoms with Crippen LogP contribution in [-0.2, 0) is 9.53 Å². The van der Waals surface area contributed by atoms with Crippen LogP contribution in [0.5, 0.6) is 0 Å². The van der Waals surface area contributed by atoms with Crippen molar-refractivity contribution in [2.45, 2.75) is 13.2 Å². The highest BCUT2D eigenvalue weighted by Gasteiger charge is 2.34. The zero-order valence-electron chi connectivity index (χ0n) is 12.8. The fourth-order valence-corrected chi connectivity index (χ4v) is 2.80. The number of nitro benzene ring substituents is 1. The topological polar surface area (TPSA) is 85.0 Å². The van der Waals surface area contributed by atoms with Gasteiger partial charge in [0.1, 0.15) is 0 Å². The first-order valence-electron chi connectivity index (χ1n) is 7.11. The van der Waals surface area contributed by atoms with Gasteiger partial charge in [-0.3, -0.25) is 14.9 Å². The zero-order valence-corrected chi connectivity index (χ0v) is 14.4. The maximum atomic E-state index is 11.9. The SMILES string of the molecule is CC(=O)N1N=C(c2ccc(Cl)cc2Cl)OC1c1ccc([N+](=O)[O-])cc1. The number of benzene rings is 2. The van der Waals surface area contributed by atoms with E-state index in [1.807, 2.05) is 0 Å². The summed E-state index contributed by atoms with van der Waals surface area (Å²) in [5.74, 6) is -0.177. The number of hydrogen-bond acceptors (Lipinski definition) is 5. The van der Waals surface area contributed by atoms with Crippen LogP contribution in [0.3, 0.4) is 0 Å². The minimum Gasteiger partial charge on any atom is -0.446 e. The largest absolute Gasteiger partial charge is 0.446 e. The zero-order chi connectivity index (χ0) is 18.1. The minimum absolute atomic E-state index is 0.0574. The van der Waals surface area contributed by atoms with Gasteiger partial charge in [0, 0.05) is 29.6 Å². The molecular weight excluding hydrogens is 369 g/mol. The number of halogens is 2. The van der Waals surface area contributed by atoms with E-state index in [9.17, 15) is 14.9 Å². The molecule has 2 aromatic carbocycles. The van der Waals surface area contributed by atoms with Gasteiger partial charge >= 0.3 is 0 Å². The molecule has 0 bridgehead atoms. The normalized spacial score (nSPS) is 16.4. The van der Waals surface area contributed by atoms with Gasteiger partial charge in [-0.15, -0.1) is 5.10 Å². The van der Waals surface area contributed by atoms with E-state index in [0.717, 1.165) is 5.01 Å². The first kappa shape index (κ1) is 17.2. The molecule has 1 heterocycles. The molecule has 0 N–H and O–H groups in total. The number of nitrogens with zero attached hydrogens (tertiary/aromatic N) is 3. The number of carbonyl (C=O) groups is 1. The van der Waals surface area contributed by atoms with Gasteiger partial charge in [0.25, 0.3) is 5.69 Å². The fraction of sp³-hybridized carbons (Fsp3) is 0.125. The van der Waals surface area contributed by atoms with Crippen LogP contribution >= 0.6 is 23.2 Å². The summed E-state index contributed by atoms with van der Waals surface area (Å²) in [7, 11) is 0. The van der Waals surface area contributed by atoms with Crippen molar-refractivity contribution in [2.75, 3.05) is 0 Å². The average molecular weight is 380 g/mol. The smallest absolute Gasteiger partial charge is 0.269 e. The van der Waals surface area contributed by atoms with Crippen LogP contribution < -0.4 is 0 Å². The minimum atomic E-state index is -0.833. The Morgan fingerprint density at radius 3 is 2.48 bits per heavy atom. The Kier molecular flexibility index (Phi) is 4.61. The second kappa shape index (κ2) is 6.70. The Bertz CT molecular complexity index is 883. The average Bonchev–Trinajstić information content (AvgIpc) is 3.00. The highest BCUT2D eigenvalue weighted by molar-refractivity contribution is 6.36. The molecule has 128 valence electrons. The number of ether oxygens (including phenoxy) is 1. The van der Waals surface area contributed by atoms with Gasteiger partial charge in [0.05, 0.1) is 15.5 Å². The van der Waals surface area contributed by atoms with Gasteiger partial charge in [-0.05, 0) is 30.3 Å². The van der Waals surface area contributed by atoms with Crippen LogP contribution in [0.4, 0.5) is 5.69 Å². The lowest BCUT2D eigenvalue weighted by atomic mass is 10.1. The summed E-state index contributed by atoms with van der Waals surface area (Å²) in [6, 6.07) is 10.5. The van der Waals surface area contributed by atoms with Crippen LogP contribution in [0, 0.1) is 10.1 Å². The maximum Gasteiger partial charge on any atom is 0.269 e. The van der Waals surface area contributed by atoms with E-state index in [1.165, 1.54) is 31.2 Å². The van der Waals surface area contributed by atoms with Crippen LogP contribution in [0.1, 0.15) is 24.3 Å². The molecule has 0 fully saturated rings. The molecule has 25 heavy (non-hydrogen) atoms. The number of carbonyl (C=O) groups excluding carboxylic acids is 1. The van der Waals surface area contributed by atoms with Crippen molar-refractivity contribution in [3.8, 4) is 0 Å². The number of non-ortho nitro benzene ring substituents is 1. The van der Waals surface area contributed by atoms with Gasteiger partial charge in [0.2, 0.25) is 18.0 Å². The first-order valence-corrected chi connectivity index (χ1v) is 7.87. The quantitative estimate of drug-likeness (QED) is 0.592. The second-order valence-electron chi connectivity index (χ2n) is 5.21. The Labute approximate surface area is 152 Å². The van der Waals surface area contributed by atoms with Gasteiger partial charge in [-0.2, -0.15) is 5.01 Å². The number of hydrogen-bond donors (Lipinski definition) is 0. The third kappa shape index (κ3) is 3.42. The summed E-state index contributed by atoms with van der Waals surface area (Å²) in [5, 5.41) is 16.9. The Hall–Kier alpha value is -2.64. The summed E-state index contributed by atoms with van der Waals surface area (Å²) < 4.78 is 5.79. The molecule has 7 nitrogen and oxygen atoms in total. The van der Waals surface area contributed by atoms with Crippen molar-refractivity contribution in [1.29, 1.82) is 0 Å². The predicted molar refractivity (Wildman–Crippen MR) is 92.4 cm³/mol. The van der Waals surface area contributed by atoms with Crippen molar-refractivity contribution < 1.29 is 14.5 Å². The molecule has 1 aliphatic rings. The van der Waals surface area contributed by atoms with E-state index in [2.05, 4.69) is 5.10 Å². The molecule has 9 heteroatoms. The monoisotopic (exact) mass is 379 g/mol. The molecule has 3 rings (SSSR count). The summed E-state index contributed by atoms with van der Waals surface area (Å²) >= 11 is 12.0. The van der Waals surface area contributed by atoms with Crippen LogP contribution in [0.15, 0.2) is 47.6 Å². The maximum absolute atomic E-state index is 11.9. The van der Waals surface area contributed by atoms with Gasteiger partial charge in [-0.25, -0.2) is 0 Å². The molecule has 2 aromatic rings. The molecular formula is C16H11Cl2N3O4. The molecule has 1 atom stereocenters. The molecule has 0 saturated carbocycles. The third-order valence-electron chi connectivity index (χ3n) is 3.52. The standard InChI is InChI=1S/C16H11Cl2N3O4/c1-9(22)20-16(10-2-5-12(6-3-10)21(23)24)25-15(19-20)13-7-4-11(17)8-14(13)18/h2-8,16H,1H3. The molecule has 0 spiro atoms. The third-order valence-corrected chi connectivity index (χ3v) is 4.06. The van der Waals surface area contributed by atoms with E-state index >= 15 is 0 Å². The highest BCUT2D eigenvalue weighted by Crippen LogP contribution is 2.33. The summed E-state index contributed by atoms with van der Waals surface area (Å²) in [6.07, 6.45) is -0.833. The molecule has 0 radical (unpaired) electrons. The van der Waals surface area contributed by atoms with E-state index in [0.29, 0.717) is 21.2 Å². The van der Waals surface area contributed by atoms with Crippen molar-refractivity contribution in [2.24, 2.45) is 5.10 Å². The van der Waals surface area contributed by atoms with Crippen LogP contribution in [0.2, 0.25) is 10.0 Å². The lowest BCUT2D eigenvalue weighted by molar-refractivity contribution is -0.384. The molecule has 0 aliphatic carbocycles. The highest BCUT2D eigenvalue weighted by atomic mass is 35.5. The Morgan fingerprint density at radius 2 is 1.92 bits per heavy atom. The number of hydrazone groups is 1. The van der Waals surface area contributed by atoms with Crippen molar-refractivity contribution in [1.82, 2.24) is 5.01 Å². The second-order valence-corrected chi connectivity index (χ2v) is 6.06. The Morgan fingerprint density at radius 1 is 1.24 bits per heavy atom. The fourth-order valence-electron chi connectivity index (χ4n) is 2.32. The van der Waals surface area contributed by atoms with E-state index in [4.69, 9.17) is 27.9 Å². The van der Waals surface area contributed by atoms with Crippen molar-refractivity contribution in [3.63, 3.8) is 0 Å². The summed E-state index contributed by atoms with van der Waals surface area (Å²) in [6.45, 7) is 1.34. The van der Waals surface area contributed by atoms with E-state index in [1.54, 1.807) is 18.2 Å². The lowest BCUT2D eigenvalue weighted by Gasteiger charge is -2.19. The predicted octanol–water partition coefficient (Wildman–Crippen LogP) is 4.14. The molecule has 1 aliphatic heterocycles. The number of rotatable bonds is 3. The number of amides is 1. The molecule has 1 amide bonds. The van der Waals surface area contributed by atoms with Gasteiger partial charge < -0.3 is 4.74 Å². The van der Waals surface area contributed by atoms with Crippen LogP contribution in [-0.4, -0.2) is 21.7 Å². The van der Waals surface area contributed by atoms with Crippen LogP contribution in [0.25, 0.3) is 0 Å². The van der Waals surface area contributed by atoms with Crippen molar-refractivity contribution in [3.05, 3.63) is 73.8 Å². The first-order chi connectivity index (χ1) is 11.9. The Balaban J connectivity index is 1.94. The molecule has 0 saturated heterocycles. The summed E-state index contributed by atoms with van der Waals surface area (Å²) in [4.78, 5) is 22.2. The molecule has 1 unspecified atom stereocenters. The van der Waals surface area contributed by atoms with E-state index < -0.39 is 11.2 Å². The lowest BCUT2D eigenvalue weighted by Crippen LogP contribution is -2.25. The van der Waals surface area contributed by atoms with Gasteiger partial charge in [0.15, 0.2) is 0 Å². The molecule has 0 aromatic heterocycles. The van der Waals surface area contributed by atoms with Gasteiger partial charge in [-0.1, -0.05) is 23.2 Å². The number of nitro groups is 1. The van der Waals surface area contributed by atoms with E-state index in [-0.39, 0.29) is 17.5 Å². The van der Waals surface area contributed by atoms with Crippen molar-refractivity contribution >= 4 is 40.7 Å². The summed E-state index contributed by atoms with van der Waals surface area (Å²) in [5.41, 5.74) is 0.976.